The van der Waals surface area contributed by atoms with Crippen molar-refractivity contribution < 1.29 is 48.7 Å². The van der Waals surface area contributed by atoms with Crippen LogP contribution in [-0.2, 0) is 16.0 Å². The zero-order chi connectivity index (χ0) is 25.3. The highest BCUT2D eigenvalue weighted by atomic mass is 32.2. The SMILES string of the molecule is O=C(NC[C@H]1C[C@H](S(=O)(=O)c2cc(F)cc(C(F)(F)F)c2)C1)c1ccc(OCC(F)(F)F)nc1. The number of nitrogens with one attached hydrogen (secondary N) is 1. The number of rotatable bonds is 7. The van der Waals surface area contributed by atoms with Crippen LogP contribution < -0.4 is 10.1 Å². The molecule has 1 N–H and O–H groups in total. The number of hydrogen-bond acceptors (Lipinski definition) is 5. The number of hydrogen-bond donors (Lipinski definition) is 1. The van der Waals surface area contributed by atoms with E-state index in [0.29, 0.717) is 12.1 Å². The van der Waals surface area contributed by atoms with Crippen molar-refractivity contribution in [3.63, 3.8) is 0 Å². The zero-order valence-electron chi connectivity index (χ0n) is 17.1. The summed E-state index contributed by atoms with van der Waals surface area (Å²) < 4.78 is 118. The molecule has 186 valence electrons. The number of amides is 1. The second kappa shape index (κ2) is 9.39. The summed E-state index contributed by atoms with van der Waals surface area (Å²) in [6.45, 7) is -1.49. The average Bonchev–Trinajstić information content (AvgIpc) is 2.69. The number of alkyl halides is 6. The summed E-state index contributed by atoms with van der Waals surface area (Å²) in [6.07, 6.45) is -8.35. The first-order valence-electron chi connectivity index (χ1n) is 9.70. The first kappa shape index (κ1) is 25.7. The third-order valence-corrected chi connectivity index (χ3v) is 7.25. The topological polar surface area (TPSA) is 85.4 Å². The van der Waals surface area contributed by atoms with Crippen molar-refractivity contribution in [2.75, 3.05) is 13.2 Å². The fourth-order valence-electron chi connectivity index (χ4n) is 3.27. The molecule has 1 saturated carbocycles. The van der Waals surface area contributed by atoms with Gasteiger partial charge in [-0.3, -0.25) is 4.79 Å². The number of nitrogens with zero attached hydrogens (tertiary/aromatic N) is 1. The predicted molar refractivity (Wildman–Crippen MR) is 103 cm³/mol. The lowest BCUT2D eigenvalue weighted by atomic mass is 9.85. The molecule has 0 radical (unpaired) electrons. The zero-order valence-corrected chi connectivity index (χ0v) is 17.9. The first-order valence-corrected chi connectivity index (χ1v) is 11.3. The molecular weight excluding hydrogens is 497 g/mol. The molecular formula is C20H17F7N2O4S. The maximum atomic E-state index is 13.6. The van der Waals surface area contributed by atoms with E-state index < -0.39 is 56.2 Å². The Morgan fingerprint density at radius 1 is 1.09 bits per heavy atom. The van der Waals surface area contributed by atoms with E-state index in [1.54, 1.807) is 0 Å². The number of carbonyl (C=O) groups is 1. The lowest BCUT2D eigenvalue weighted by Gasteiger charge is -2.35. The summed E-state index contributed by atoms with van der Waals surface area (Å²) in [6, 6.07) is 3.42. The van der Waals surface area contributed by atoms with Crippen LogP contribution in [0, 0.1) is 11.7 Å². The highest BCUT2D eigenvalue weighted by molar-refractivity contribution is 7.92. The number of sulfone groups is 1. The van der Waals surface area contributed by atoms with Gasteiger partial charge in [0.2, 0.25) is 5.88 Å². The molecule has 0 atom stereocenters. The molecule has 1 heterocycles. The van der Waals surface area contributed by atoms with Gasteiger partial charge in [-0.1, -0.05) is 0 Å². The van der Waals surface area contributed by atoms with E-state index in [1.807, 2.05) is 0 Å². The summed E-state index contributed by atoms with van der Waals surface area (Å²) in [5.74, 6) is -2.55. The van der Waals surface area contributed by atoms with E-state index in [1.165, 1.54) is 6.07 Å². The van der Waals surface area contributed by atoms with E-state index >= 15 is 0 Å². The number of carbonyl (C=O) groups excluding carboxylic acids is 1. The first-order chi connectivity index (χ1) is 15.6. The molecule has 1 aliphatic carbocycles. The fraction of sp³-hybridized carbons (Fsp3) is 0.400. The van der Waals surface area contributed by atoms with Crippen molar-refractivity contribution in [3.8, 4) is 5.88 Å². The minimum atomic E-state index is -4.91. The van der Waals surface area contributed by atoms with E-state index in [4.69, 9.17) is 0 Å². The van der Waals surface area contributed by atoms with Gasteiger partial charge in [0.25, 0.3) is 5.91 Å². The minimum absolute atomic E-state index is 0.0299. The molecule has 1 fully saturated rings. The Balaban J connectivity index is 1.53. The van der Waals surface area contributed by atoms with E-state index in [9.17, 15) is 43.9 Å². The summed E-state index contributed by atoms with van der Waals surface area (Å²) in [5.41, 5.74) is -1.38. The highest BCUT2D eigenvalue weighted by Gasteiger charge is 2.41. The number of benzene rings is 1. The molecule has 0 aliphatic heterocycles. The molecule has 3 rings (SSSR count). The molecule has 2 aromatic rings. The maximum absolute atomic E-state index is 13.6. The van der Waals surface area contributed by atoms with Crippen molar-refractivity contribution in [1.82, 2.24) is 10.3 Å². The van der Waals surface area contributed by atoms with Crippen LogP contribution in [0.3, 0.4) is 0 Å². The van der Waals surface area contributed by atoms with Crippen LogP contribution in [0.5, 0.6) is 5.88 Å². The summed E-state index contributed by atoms with van der Waals surface area (Å²) in [7, 11) is -4.21. The van der Waals surface area contributed by atoms with Crippen molar-refractivity contribution in [3.05, 3.63) is 53.5 Å². The Kier molecular flexibility index (Phi) is 7.10. The third kappa shape index (κ3) is 6.36. The van der Waals surface area contributed by atoms with E-state index in [0.717, 1.165) is 12.3 Å². The van der Waals surface area contributed by atoms with Crippen LogP contribution in [0.15, 0.2) is 41.4 Å². The number of halogens is 7. The molecule has 0 unspecified atom stereocenters. The summed E-state index contributed by atoms with van der Waals surface area (Å²) >= 11 is 0. The van der Waals surface area contributed by atoms with Crippen LogP contribution in [0.1, 0.15) is 28.8 Å². The van der Waals surface area contributed by atoms with E-state index in [2.05, 4.69) is 15.0 Å². The molecule has 1 aliphatic rings. The van der Waals surface area contributed by atoms with Crippen LogP contribution in [0.4, 0.5) is 30.7 Å². The lowest BCUT2D eigenvalue weighted by Crippen LogP contribution is -2.42. The average molecular weight is 514 g/mol. The Morgan fingerprint density at radius 2 is 1.76 bits per heavy atom. The van der Waals surface area contributed by atoms with Crippen molar-refractivity contribution in [2.45, 2.75) is 35.3 Å². The molecule has 0 spiro atoms. The Hall–Kier alpha value is -2.90. The van der Waals surface area contributed by atoms with Gasteiger partial charge in [0.15, 0.2) is 16.4 Å². The lowest BCUT2D eigenvalue weighted by molar-refractivity contribution is -0.154. The fourth-order valence-corrected chi connectivity index (χ4v) is 5.28. The minimum Gasteiger partial charge on any atom is -0.468 e. The quantitative estimate of drug-likeness (QED) is 0.561. The molecule has 0 saturated heterocycles. The van der Waals surface area contributed by atoms with Gasteiger partial charge in [-0.05, 0) is 43.0 Å². The van der Waals surface area contributed by atoms with Crippen LogP contribution in [0.2, 0.25) is 0 Å². The highest BCUT2D eigenvalue weighted by Crippen LogP contribution is 2.38. The molecule has 1 aromatic carbocycles. The van der Waals surface area contributed by atoms with Crippen LogP contribution >= 0.6 is 0 Å². The second-order valence-electron chi connectivity index (χ2n) is 7.68. The van der Waals surface area contributed by atoms with Gasteiger partial charge in [-0.25, -0.2) is 17.8 Å². The largest absolute Gasteiger partial charge is 0.468 e. The van der Waals surface area contributed by atoms with E-state index in [-0.39, 0.29) is 42.8 Å². The van der Waals surface area contributed by atoms with Crippen molar-refractivity contribution in [2.24, 2.45) is 5.92 Å². The number of pyridine rings is 1. The summed E-state index contributed by atoms with van der Waals surface area (Å²) in [4.78, 5) is 15.0. The monoisotopic (exact) mass is 514 g/mol. The van der Waals surface area contributed by atoms with Crippen LogP contribution in [-0.4, -0.2) is 43.9 Å². The molecule has 14 heteroatoms. The van der Waals surface area contributed by atoms with Gasteiger partial charge in [0.1, 0.15) is 5.82 Å². The molecule has 1 aromatic heterocycles. The van der Waals surface area contributed by atoms with Gasteiger partial charge in [0, 0.05) is 18.8 Å². The molecule has 0 bridgehead atoms. The predicted octanol–water partition coefficient (Wildman–Crippen LogP) is 4.16. The third-order valence-electron chi connectivity index (χ3n) is 5.09. The number of aromatic nitrogens is 1. The normalized spacial score (nSPS) is 18.8. The van der Waals surface area contributed by atoms with Gasteiger partial charge >= 0.3 is 12.4 Å². The molecule has 34 heavy (non-hydrogen) atoms. The smallest absolute Gasteiger partial charge is 0.422 e. The molecule has 6 nitrogen and oxygen atoms in total. The Labute approximate surface area is 189 Å². The maximum Gasteiger partial charge on any atom is 0.422 e. The van der Waals surface area contributed by atoms with Gasteiger partial charge < -0.3 is 10.1 Å². The van der Waals surface area contributed by atoms with Crippen molar-refractivity contribution in [1.29, 1.82) is 0 Å². The summed E-state index contributed by atoms with van der Waals surface area (Å²) in [5, 5.41) is 1.50. The van der Waals surface area contributed by atoms with Gasteiger partial charge in [0.05, 0.1) is 21.3 Å². The van der Waals surface area contributed by atoms with Crippen molar-refractivity contribution >= 4 is 15.7 Å². The second-order valence-corrected chi connectivity index (χ2v) is 9.90. The Morgan fingerprint density at radius 3 is 2.32 bits per heavy atom. The van der Waals surface area contributed by atoms with Gasteiger partial charge in [-0.15, -0.1) is 0 Å². The van der Waals surface area contributed by atoms with Gasteiger partial charge in [-0.2, -0.15) is 26.3 Å². The molecule has 1 amide bonds. The Bertz CT molecular complexity index is 1140. The standard InChI is InChI=1S/C20H17F7N2O4S/c21-14-5-13(20(25,26)27)6-16(7-14)34(31,32)15-3-11(4-15)8-29-18(30)12-1-2-17(28-9-12)33-10-19(22,23)24/h1-2,5-7,9,11,15H,3-4,8,10H2,(H,29,30)/t11-,15-. The number of ether oxygens (including phenoxy) is 1. The van der Waals surface area contributed by atoms with Crippen LogP contribution in [0.25, 0.3) is 0 Å².